The summed E-state index contributed by atoms with van der Waals surface area (Å²) in [5, 5.41) is 15.1. The molecule has 1 aliphatic rings. The fourth-order valence-electron chi connectivity index (χ4n) is 3.79. The first-order valence-electron chi connectivity index (χ1n) is 12.0. The molecule has 0 spiro atoms. The van der Waals surface area contributed by atoms with Gasteiger partial charge >= 0.3 is 0 Å². The van der Waals surface area contributed by atoms with Crippen molar-refractivity contribution in [2.75, 3.05) is 18.0 Å². The minimum atomic E-state index is -0.585. The molecule has 35 heavy (non-hydrogen) atoms. The summed E-state index contributed by atoms with van der Waals surface area (Å²) in [5.41, 5.74) is 1.84. The molecule has 0 radical (unpaired) electrons. The molecule has 0 aliphatic carbocycles. The van der Waals surface area contributed by atoms with Gasteiger partial charge in [0.25, 0.3) is 0 Å². The number of hydroxylamine groups is 1. The van der Waals surface area contributed by atoms with Crippen molar-refractivity contribution in [3.05, 3.63) is 68.8 Å². The van der Waals surface area contributed by atoms with Gasteiger partial charge in [0.1, 0.15) is 6.61 Å². The molecular formula is C26H32FN5O2S. The smallest absolute Gasteiger partial charge is 0.225 e. The van der Waals surface area contributed by atoms with Crippen LogP contribution >= 0.6 is 11.3 Å². The Morgan fingerprint density at radius 1 is 1.23 bits per heavy atom. The molecule has 0 atom stereocenters. The van der Waals surface area contributed by atoms with Gasteiger partial charge < -0.3 is 14.8 Å². The lowest BCUT2D eigenvalue weighted by Gasteiger charge is -2.31. The van der Waals surface area contributed by atoms with Crippen molar-refractivity contribution in [3.63, 3.8) is 0 Å². The molecule has 1 fully saturated rings. The Morgan fingerprint density at radius 2 is 1.94 bits per heavy atom. The second-order valence-corrected chi connectivity index (χ2v) is 10.7. The maximum absolute atomic E-state index is 14.5. The Morgan fingerprint density at radius 3 is 2.57 bits per heavy atom. The van der Waals surface area contributed by atoms with Crippen molar-refractivity contribution in [3.8, 4) is 5.75 Å². The lowest BCUT2D eigenvalue weighted by Crippen LogP contribution is -2.34. The van der Waals surface area contributed by atoms with Gasteiger partial charge in [-0.05, 0) is 43.0 Å². The van der Waals surface area contributed by atoms with Crippen LogP contribution in [0.3, 0.4) is 0 Å². The van der Waals surface area contributed by atoms with Crippen molar-refractivity contribution in [2.45, 2.75) is 65.0 Å². The maximum atomic E-state index is 14.5. The zero-order valence-electron chi connectivity index (χ0n) is 20.7. The maximum Gasteiger partial charge on any atom is 0.225 e. The Kier molecular flexibility index (Phi) is 7.64. The minimum Gasteiger partial charge on any atom is -0.623 e. The van der Waals surface area contributed by atoms with Crippen molar-refractivity contribution in [1.82, 2.24) is 15.0 Å². The molecule has 3 aromatic rings. The summed E-state index contributed by atoms with van der Waals surface area (Å²) < 4.78 is 21.0. The summed E-state index contributed by atoms with van der Waals surface area (Å²) >= 11 is 1.63. The number of aryl methyl sites for hydroxylation is 1. The first kappa shape index (κ1) is 25.0. The predicted molar refractivity (Wildman–Crippen MR) is 137 cm³/mol. The van der Waals surface area contributed by atoms with E-state index < -0.39 is 11.4 Å². The van der Waals surface area contributed by atoms with E-state index in [-0.39, 0.29) is 12.4 Å². The van der Waals surface area contributed by atoms with Gasteiger partial charge in [-0.2, -0.15) is 0 Å². The Labute approximate surface area is 209 Å². The quantitative estimate of drug-likeness (QED) is 0.190. The van der Waals surface area contributed by atoms with Gasteiger partial charge in [0.2, 0.25) is 5.95 Å². The van der Waals surface area contributed by atoms with Crippen LogP contribution in [0.4, 0.5) is 10.3 Å². The lowest BCUT2D eigenvalue weighted by molar-refractivity contribution is -0.530. The zero-order valence-corrected chi connectivity index (χ0v) is 21.5. The monoisotopic (exact) mass is 497 g/mol. The molecule has 4 rings (SSSR count). The third-order valence-corrected chi connectivity index (χ3v) is 7.11. The predicted octanol–water partition coefficient (Wildman–Crippen LogP) is 5.33. The Bertz CT molecular complexity index is 1170. The number of hydrogen-bond donors (Lipinski definition) is 0. The normalized spacial score (nSPS) is 15.5. The molecule has 7 nitrogen and oxygen atoms in total. The van der Waals surface area contributed by atoms with Gasteiger partial charge in [-0.25, -0.2) is 24.1 Å². The van der Waals surface area contributed by atoms with Gasteiger partial charge in [0.15, 0.2) is 23.3 Å². The third-order valence-electron chi connectivity index (χ3n) is 6.06. The number of rotatable bonds is 7. The summed E-state index contributed by atoms with van der Waals surface area (Å²) in [6.45, 7) is 9.49. The largest absolute Gasteiger partial charge is 0.623 e. The number of hydrogen-bond acceptors (Lipinski definition) is 7. The number of thiazole rings is 1. The fourth-order valence-corrected chi connectivity index (χ4v) is 4.77. The summed E-state index contributed by atoms with van der Waals surface area (Å²) in [6, 6.07) is 4.54. The van der Waals surface area contributed by atoms with E-state index in [9.17, 15) is 9.60 Å². The zero-order chi connectivity index (χ0) is 25.0. The lowest BCUT2D eigenvalue weighted by atomic mass is 9.98. The molecule has 2 aromatic heterocycles. The second-order valence-electron chi connectivity index (χ2n) is 9.79. The third kappa shape index (κ3) is 6.33. The van der Waals surface area contributed by atoms with E-state index in [4.69, 9.17) is 9.72 Å². The molecule has 186 valence electrons. The molecule has 9 heteroatoms. The highest BCUT2D eigenvalue weighted by atomic mass is 32.1. The molecule has 1 aromatic carbocycles. The van der Waals surface area contributed by atoms with Crippen LogP contribution in [-0.2, 0) is 13.0 Å². The van der Waals surface area contributed by atoms with Gasteiger partial charge in [-0.15, -0.1) is 11.3 Å². The highest BCUT2D eigenvalue weighted by Gasteiger charge is 2.24. The Hall–Kier alpha value is -3.07. The van der Waals surface area contributed by atoms with Crippen molar-refractivity contribution in [2.24, 2.45) is 0 Å². The molecule has 0 unspecified atom stereocenters. The van der Waals surface area contributed by atoms with Crippen LogP contribution in [0.25, 0.3) is 0 Å². The standard InChI is InChI=1S/C26H32FN5O2S/c1-5-18-13-28-25(29-14-18)31-10-8-20(9-11-31)24-30-21(17-35-24)16-34-23-7-6-19(12-22(23)27)15-32(33)26(2,3)4/h6-7,12-15,17,20H,5,8-11,16H2,1-4H3/b32-15-. The number of aromatic nitrogens is 3. The summed E-state index contributed by atoms with van der Waals surface area (Å²) in [4.78, 5) is 16.0. The van der Waals surface area contributed by atoms with Crippen LogP contribution in [0.15, 0.2) is 36.0 Å². The van der Waals surface area contributed by atoms with Crippen molar-refractivity contribution in [1.29, 1.82) is 0 Å². The average Bonchev–Trinajstić information content (AvgIpc) is 3.32. The van der Waals surface area contributed by atoms with Crippen LogP contribution in [0.2, 0.25) is 0 Å². The highest BCUT2D eigenvalue weighted by Crippen LogP contribution is 2.31. The number of nitrogens with zero attached hydrogens (tertiary/aromatic N) is 5. The number of ether oxygens (including phenoxy) is 1. The number of benzene rings is 1. The molecule has 1 saturated heterocycles. The van der Waals surface area contributed by atoms with E-state index >= 15 is 0 Å². The van der Waals surface area contributed by atoms with E-state index in [0.717, 1.165) is 59.3 Å². The van der Waals surface area contributed by atoms with E-state index in [1.165, 1.54) is 12.3 Å². The molecule has 1 aliphatic heterocycles. The van der Waals surface area contributed by atoms with Crippen molar-refractivity contribution < 1.29 is 13.9 Å². The van der Waals surface area contributed by atoms with Gasteiger partial charge in [0.05, 0.1) is 10.7 Å². The summed E-state index contributed by atoms with van der Waals surface area (Å²) in [5.74, 6) is 0.829. The molecule has 0 bridgehead atoms. The highest BCUT2D eigenvalue weighted by molar-refractivity contribution is 7.09. The molecule has 3 heterocycles. The first-order valence-corrected chi connectivity index (χ1v) is 12.8. The minimum absolute atomic E-state index is 0.146. The van der Waals surface area contributed by atoms with E-state index in [0.29, 0.717) is 11.5 Å². The summed E-state index contributed by atoms with van der Waals surface area (Å²) in [6.07, 6.45) is 8.11. The van der Waals surface area contributed by atoms with Crippen LogP contribution in [-0.4, -0.2) is 44.5 Å². The summed E-state index contributed by atoms with van der Waals surface area (Å²) in [7, 11) is 0. The van der Waals surface area contributed by atoms with Crippen molar-refractivity contribution >= 4 is 23.5 Å². The van der Waals surface area contributed by atoms with Crippen LogP contribution in [0, 0.1) is 11.0 Å². The van der Waals surface area contributed by atoms with Crippen LogP contribution < -0.4 is 9.64 Å². The topological polar surface area (TPSA) is 77.2 Å². The van der Waals surface area contributed by atoms with Gasteiger partial charge in [-0.1, -0.05) is 6.92 Å². The van der Waals surface area contributed by atoms with E-state index in [1.807, 2.05) is 17.8 Å². The van der Waals surface area contributed by atoms with Crippen LogP contribution in [0.5, 0.6) is 5.75 Å². The Balaban J connectivity index is 1.31. The van der Waals surface area contributed by atoms with E-state index in [1.54, 1.807) is 44.2 Å². The number of halogens is 1. The molecule has 0 amide bonds. The SMILES string of the molecule is CCc1cnc(N2CCC(c3nc(COc4ccc(/C=[N+](\[O-])C(C)(C)C)cc4F)cs3)CC2)nc1. The van der Waals surface area contributed by atoms with Crippen LogP contribution in [0.1, 0.15) is 68.3 Å². The van der Waals surface area contributed by atoms with E-state index in [2.05, 4.69) is 21.8 Å². The molecular weight excluding hydrogens is 465 g/mol. The van der Waals surface area contributed by atoms with Gasteiger partial charge in [0, 0.05) is 63.1 Å². The van der Waals surface area contributed by atoms with Gasteiger partial charge in [-0.3, -0.25) is 0 Å². The number of piperidine rings is 1. The molecule has 0 N–H and O–H groups in total. The average molecular weight is 498 g/mol. The fraction of sp³-hybridized carbons (Fsp3) is 0.462. The molecule has 0 saturated carbocycles. The number of anilines is 1. The first-order chi connectivity index (χ1) is 16.7. The second kappa shape index (κ2) is 10.7.